The van der Waals surface area contributed by atoms with Crippen molar-refractivity contribution >= 4 is 26.0 Å². The summed E-state index contributed by atoms with van der Waals surface area (Å²) in [5, 5.41) is 4.66. The molecule has 0 aliphatic heterocycles. The van der Waals surface area contributed by atoms with Crippen LogP contribution in [0.25, 0.3) is 0 Å². The van der Waals surface area contributed by atoms with Crippen molar-refractivity contribution in [1.82, 2.24) is 0 Å². The maximum atomic E-state index is 12.4. The third kappa shape index (κ3) is 4.64. The molecular weight excluding hydrogens is 323 g/mol. The Hall–Kier alpha value is -0.600. The van der Waals surface area contributed by atoms with Gasteiger partial charge in [-0.1, -0.05) is 29.8 Å². The molecule has 0 bridgehead atoms. The fraction of sp³-hybridized carbons (Fsp3) is 0.333. The van der Waals surface area contributed by atoms with E-state index in [2.05, 4.69) is 21.1 Å². The van der Waals surface area contributed by atoms with Crippen LogP contribution in [-0.4, -0.2) is 8.42 Å². The molecule has 0 saturated carbocycles. The lowest BCUT2D eigenvalue weighted by Crippen LogP contribution is -2.18. The van der Waals surface area contributed by atoms with Crippen LogP contribution in [0.15, 0.2) is 27.6 Å². The van der Waals surface area contributed by atoms with Gasteiger partial charge in [0.15, 0.2) is 0 Å². The molecule has 0 amide bonds. The molecule has 0 saturated heterocycles. The highest BCUT2D eigenvalue weighted by Crippen LogP contribution is 2.35. The highest BCUT2D eigenvalue weighted by molar-refractivity contribution is 9.10. The standard InChI is InChI=1S/C7H5BrF3NO2S.C2H6/c8-4-1-2-6(15(12,13)14)5(3-4)7(9,10)11;1-2/h1-3H,(H2,12,13,14);1-2H3. The largest absolute Gasteiger partial charge is 0.417 e. The molecule has 8 heteroatoms. The Kier molecular flexibility index (Phi) is 5.63. The number of hydrogen-bond donors (Lipinski definition) is 1. The molecule has 0 spiro atoms. The van der Waals surface area contributed by atoms with E-state index in [0.717, 1.165) is 6.07 Å². The Morgan fingerprint density at radius 1 is 1.24 bits per heavy atom. The van der Waals surface area contributed by atoms with Crippen LogP contribution in [0.2, 0.25) is 0 Å². The SMILES string of the molecule is CC.NS(=O)(=O)c1ccc(Br)cc1C(F)(F)F. The summed E-state index contributed by atoms with van der Waals surface area (Å²) in [6.45, 7) is 4.00. The molecule has 1 aromatic carbocycles. The van der Waals surface area contributed by atoms with Crippen molar-refractivity contribution < 1.29 is 21.6 Å². The van der Waals surface area contributed by atoms with Crippen LogP contribution >= 0.6 is 15.9 Å². The Morgan fingerprint density at radius 2 is 1.71 bits per heavy atom. The van der Waals surface area contributed by atoms with E-state index in [-0.39, 0.29) is 4.47 Å². The molecule has 0 unspecified atom stereocenters. The minimum absolute atomic E-state index is 0.127. The summed E-state index contributed by atoms with van der Waals surface area (Å²) in [4.78, 5) is -0.932. The predicted molar refractivity (Wildman–Crippen MR) is 61.9 cm³/mol. The van der Waals surface area contributed by atoms with Gasteiger partial charge in [-0.15, -0.1) is 0 Å². The maximum absolute atomic E-state index is 12.4. The molecule has 98 valence electrons. The quantitative estimate of drug-likeness (QED) is 0.858. The predicted octanol–water partition coefficient (Wildman–Crippen LogP) is 3.14. The third-order valence-electron chi connectivity index (χ3n) is 1.55. The fourth-order valence-corrected chi connectivity index (χ4v) is 2.07. The molecule has 0 radical (unpaired) electrons. The summed E-state index contributed by atoms with van der Waals surface area (Å²) in [7, 11) is -4.37. The number of alkyl halides is 3. The maximum Gasteiger partial charge on any atom is 0.417 e. The van der Waals surface area contributed by atoms with Gasteiger partial charge in [-0.3, -0.25) is 0 Å². The molecule has 1 aromatic rings. The van der Waals surface area contributed by atoms with E-state index >= 15 is 0 Å². The second-order valence-corrected chi connectivity index (χ2v) is 5.13. The Labute approximate surface area is 106 Å². The van der Waals surface area contributed by atoms with Crippen LogP contribution in [0.4, 0.5) is 13.2 Å². The van der Waals surface area contributed by atoms with Crippen LogP contribution in [0, 0.1) is 0 Å². The van der Waals surface area contributed by atoms with E-state index in [1.807, 2.05) is 13.8 Å². The van der Waals surface area contributed by atoms with E-state index in [4.69, 9.17) is 0 Å². The summed E-state index contributed by atoms with van der Waals surface area (Å²) >= 11 is 2.82. The van der Waals surface area contributed by atoms with Gasteiger partial charge in [0.05, 0.1) is 10.5 Å². The number of benzene rings is 1. The lowest BCUT2D eigenvalue weighted by atomic mass is 10.2. The monoisotopic (exact) mass is 333 g/mol. The first kappa shape index (κ1) is 16.4. The van der Waals surface area contributed by atoms with Crippen molar-refractivity contribution in [2.45, 2.75) is 24.9 Å². The van der Waals surface area contributed by atoms with Crippen LogP contribution in [0.5, 0.6) is 0 Å². The highest BCUT2D eigenvalue weighted by atomic mass is 79.9. The summed E-state index contributed by atoms with van der Waals surface area (Å²) in [6, 6.07) is 2.65. The molecule has 17 heavy (non-hydrogen) atoms. The van der Waals surface area contributed by atoms with Crippen LogP contribution < -0.4 is 5.14 Å². The molecule has 3 nitrogen and oxygen atoms in total. The van der Waals surface area contributed by atoms with Gasteiger partial charge in [-0.2, -0.15) is 13.2 Å². The second kappa shape index (κ2) is 5.83. The molecule has 0 atom stereocenters. The summed E-state index contributed by atoms with van der Waals surface area (Å²) in [5.41, 5.74) is -1.28. The van der Waals surface area contributed by atoms with Gasteiger partial charge in [-0.25, -0.2) is 13.6 Å². The van der Waals surface area contributed by atoms with Crippen LogP contribution in [-0.2, 0) is 16.2 Å². The van der Waals surface area contributed by atoms with Gasteiger partial charge in [0, 0.05) is 4.47 Å². The molecule has 0 aliphatic carbocycles. The number of rotatable bonds is 1. The summed E-state index contributed by atoms with van der Waals surface area (Å²) < 4.78 is 59.1. The minimum Gasteiger partial charge on any atom is -0.225 e. The van der Waals surface area contributed by atoms with Gasteiger partial charge >= 0.3 is 6.18 Å². The van der Waals surface area contributed by atoms with E-state index < -0.39 is 26.7 Å². The fourth-order valence-electron chi connectivity index (χ4n) is 0.972. The van der Waals surface area contributed by atoms with E-state index in [1.165, 1.54) is 6.07 Å². The average Bonchev–Trinajstić information content (AvgIpc) is 2.17. The first-order chi connectivity index (χ1) is 7.62. The Morgan fingerprint density at radius 3 is 2.06 bits per heavy atom. The smallest absolute Gasteiger partial charge is 0.225 e. The van der Waals surface area contributed by atoms with Crippen molar-refractivity contribution in [2.24, 2.45) is 5.14 Å². The first-order valence-corrected chi connectivity index (χ1v) is 6.86. The van der Waals surface area contributed by atoms with Gasteiger partial charge in [0.1, 0.15) is 0 Å². The van der Waals surface area contributed by atoms with Crippen molar-refractivity contribution in [1.29, 1.82) is 0 Å². The van der Waals surface area contributed by atoms with Gasteiger partial charge in [0.25, 0.3) is 0 Å². The van der Waals surface area contributed by atoms with Crippen molar-refractivity contribution in [3.8, 4) is 0 Å². The zero-order valence-corrected chi connectivity index (χ0v) is 11.4. The molecule has 1 rings (SSSR count). The number of sulfonamides is 1. The van der Waals surface area contributed by atoms with E-state index in [1.54, 1.807) is 0 Å². The molecule has 2 N–H and O–H groups in total. The van der Waals surface area contributed by atoms with E-state index in [9.17, 15) is 21.6 Å². The zero-order valence-electron chi connectivity index (χ0n) is 9.05. The van der Waals surface area contributed by atoms with Gasteiger partial charge in [0.2, 0.25) is 10.0 Å². The first-order valence-electron chi connectivity index (χ1n) is 4.52. The lowest BCUT2D eigenvalue weighted by molar-refractivity contribution is -0.139. The van der Waals surface area contributed by atoms with E-state index in [0.29, 0.717) is 6.07 Å². The minimum atomic E-state index is -4.76. The molecular formula is C9H11BrF3NO2S. The van der Waals surface area contributed by atoms with Crippen molar-refractivity contribution in [2.75, 3.05) is 0 Å². The number of halogens is 4. The normalized spacial score (nSPS) is 11.7. The third-order valence-corrected chi connectivity index (χ3v) is 3.02. The second-order valence-electron chi connectivity index (χ2n) is 2.68. The Bertz CT molecular complexity index is 486. The van der Waals surface area contributed by atoms with Crippen LogP contribution in [0.1, 0.15) is 19.4 Å². The average molecular weight is 334 g/mol. The highest BCUT2D eigenvalue weighted by Gasteiger charge is 2.36. The lowest BCUT2D eigenvalue weighted by Gasteiger charge is -2.11. The number of hydrogen-bond acceptors (Lipinski definition) is 2. The van der Waals surface area contributed by atoms with Gasteiger partial charge < -0.3 is 0 Å². The van der Waals surface area contributed by atoms with Crippen molar-refractivity contribution in [3.63, 3.8) is 0 Å². The topological polar surface area (TPSA) is 60.2 Å². The number of nitrogens with two attached hydrogens (primary N) is 1. The summed E-state index contributed by atoms with van der Waals surface area (Å²) in [5.74, 6) is 0. The number of primary sulfonamides is 1. The summed E-state index contributed by atoms with van der Waals surface area (Å²) in [6.07, 6.45) is -4.76. The molecule has 0 aromatic heterocycles. The Balaban J connectivity index is 0.00000121. The zero-order chi connectivity index (χ0) is 13.9. The van der Waals surface area contributed by atoms with Crippen molar-refractivity contribution in [3.05, 3.63) is 28.2 Å². The van der Waals surface area contributed by atoms with Crippen LogP contribution in [0.3, 0.4) is 0 Å². The van der Waals surface area contributed by atoms with Gasteiger partial charge in [-0.05, 0) is 18.2 Å². The molecule has 0 fully saturated rings. The molecule has 0 heterocycles. The molecule has 0 aliphatic rings.